The SMILES string of the molecule is Cc1ccc(CNc2ccc(C3=N[C@@H](C(C)C(=O)O)c4nnc(C)n4-c4sc(C)c(C)c43)cc2)cc1. The summed E-state index contributed by atoms with van der Waals surface area (Å²) in [6.07, 6.45) is 0. The Morgan fingerprint density at radius 2 is 1.75 bits per heavy atom. The van der Waals surface area contributed by atoms with Gasteiger partial charge in [0.1, 0.15) is 16.9 Å². The van der Waals surface area contributed by atoms with Crippen molar-refractivity contribution in [2.45, 2.75) is 47.2 Å². The van der Waals surface area contributed by atoms with E-state index in [0.29, 0.717) is 5.82 Å². The summed E-state index contributed by atoms with van der Waals surface area (Å²) in [5, 5.41) is 23.0. The van der Waals surface area contributed by atoms with Gasteiger partial charge >= 0.3 is 5.97 Å². The molecule has 36 heavy (non-hydrogen) atoms. The molecule has 0 aliphatic carbocycles. The second kappa shape index (κ2) is 9.35. The van der Waals surface area contributed by atoms with E-state index in [1.54, 1.807) is 18.3 Å². The van der Waals surface area contributed by atoms with Gasteiger partial charge in [-0.15, -0.1) is 21.5 Å². The van der Waals surface area contributed by atoms with Crippen molar-refractivity contribution >= 4 is 28.7 Å². The lowest BCUT2D eigenvalue weighted by molar-refractivity contribution is -0.141. The highest BCUT2D eigenvalue weighted by Gasteiger charge is 2.36. The monoisotopic (exact) mass is 499 g/mol. The molecule has 1 aliphatic heterocycles. The fourth-order valence-electron chi connectivity index (χ4n) is 4.47. The van der Waals surface area contributed by atoms with Crippen LogP contribution in [0.5, 0.6) is 0 Å². The first-order valence-electron chi connectivity index (χ1n) is 12.0. The molecular weight excluding hydrogens is 470 g/mol. The molecule has 1 aliphatic rings. The first-order valence-corrected chi connectivity index (χ1v) is 12.8. The average molecular weight is 500 g/mol. The number of fused-ring (bicyclic) bond motifs is 3. The quantitative estimate of drug-likeness (QED) is 0.350. The van der Waals surface area contributed by atoms with Crippen molar-refractivity contribution < 1.29 is 9.90 Å². The number of aryl methyl sites for hydroxylation is 3. The number of hydrogen-bond acceptors (Lipinski definition) is 6. The number of thiophene rings is 1. The molecule has 4 aromatic rings. The molecule has 0 radical (unpaired) electrons. The Labute approximate surface area is 214 Å². The predicted molar refractivity (Wildman–Crippen MR) is 144 cm³/mol. The Balaban J connectivity index is 1.56. The minimum Gasteiger partial charge on any atom is -0.481 e. The fourth-order valence-corrected chi connectivity index (χ4v) is 5.69. The van der Waals surface area contributed by atoms with E-state index in [1.165, 1.54) is 16.0 Å². The molecule has 2 aromatic carbocycles. The molecule has 5 rings (SSSR count). The molecule has 184 valence electrons. The first kappa shape index (κ1) is 23.9. The van der Waals surface area contributed by atoms with Crippen LogP contribution in [-0.4, -0.2) is 31.6 Å². The van der Waals surface area contributed by atoms with E-state index in [2.05, 4.69) is 60.6 Å². The molecular formula is C28H29N5O2S. The number of aliphatic imine (C=N–C) groups is 1. The number of carbonyl (C=O) groups is 1. The van der Waals surface area contributed by atoms with E-state index in [0.717, 1.165) is 45.5 Å². The van der Waals surface area contributed by atoms with Gasteiger partial charge in [0, 0.05) is 28.2 Å². The molecule has 8 heteroatoms. The smallest absolute Gasteiger partial charge is 0.308 e. The molecule has 0 saturated heterocycles. The standard InChI is InChI=1S/C28H29N5O2S/c1-15-6-8-20(9-7-15)14-29-22-12-10-21(11-13-22)25-23-16(2)18(4)36-27(23)33-19(5)31-32-26(33)24(30-25)17(3)28(34)35/h6-13,17,24,29H,14H2,1-5H3,(H,34,35)/t17?,24-/m0/s1. The summed E-state index contributed by atoms with van der Waals surface area (Å²) in [4.78, 5) is 18.3. The van der Waals surface area contributed by atoms with Crippen LogP contribution in [0.4, 0.5) is 5.69 Å². The van der Waals surface area contributed by atoms with Gasteiger partial charge in [-0.2, -0.15) is 0 Å². The minimum atomic E-state index is -0.913. The maximum atomic E-state index is 12.0. The molecule has 3 heterocycles. The molecule has 0 fully saturated rings. The average Bonchev–Trinajstić information content (AvgIpc) is 3.33. The Morgan fingerprint density at radius 3 is 2.42 bits per heavy atom. The Morgan fingerprint density at radius 1 is 1.06 bits per heavy atom. The van der Waals surface area contributed by atoms with Crippen LogP contribution in [0.1, 0.15) is 57.3 Å². The highest BCUT2D eigenvalue weighted by molar-refractivity contribution is 7.15. The largest absolute Gasteiger partial charge is 0.481 e. The summed E-state index contributed by atoms with van der Waals surface area (Å²) in [6, 6.07) is 16.0. The predicted octanol–water partition coefficient (Wildman–Crippen LogP) is 5.79. The minimum absolute atomic E-state index is 0.566. The zero-order valence-corrected chi connectivity index (χ0v) is 21.8. The summed E-state index contributed by atoms with van der Waals surface area (Å²) in [5.74, 6) is -0.379. The number of benzene rings is 2. The molecule has 2 N–H and O–H groups in total. The zero-order chi connectivity index (χ0) is 25.6. The number of nitrogens with zero attached hydrogens (tertiary/aromatic N) is 4. The molecule has 0 spiro atoms. The summed E-state index contributed by atoms with van der Waals surface area (Å²) in [7, 11) is 0. The van der Waals surface area contributed by atoms with E-state index >= 15 is 0 Å². The molecule has 1 unspecified atom stereocenters. The van der Waals surface area contributed by atoms with Gasteiger partial charge in [-0.3, -0.25) is 14.4 Å². The highest BCUT2D eigenvalue weighted by Crippen LogP contribution is 2.40. The molecule has 0 amide bonds. The van der Waals surface area contributed by atoms with Crippen molar-refractivity contribution in [2.24, 2.45) is 10.9 Å². The van der Waals surface area contributed by atoms with Crippen molar-refractivity contribution in [1.82, 2.24) is 14.8 Å². The van der Waals surface area contributed by atoms with Crippen LogP contribution in [0.3, 0.4) is 0 Å². The number of rotatable bonds is 6. The van der Waals surface area contributed by atoms with Crippen molar-refractivity contribution in [3.63, 3.8) is 0 Å². The molecule has 7 nitrogen and oxygen atoms in total. The van der Waals surface area contributed by atoms with Crippen molar-refractivity contribution in [1.29, 1.82) is 0 Å². The first-order chi connectivity index (χ1) is 17.2. The third kappa shape index (κ3) is 4.22. The van der Waals surface area contributed by atoms with Crippen molar-refractivity contribution in [3.8, 4) is 5.00 Å². The Kier molecular flexibility index (Phi) is 6.22. The maximum absolute atomic E-state index is 12.0. The molecule has 2 aromatic heterocycles. The normalized spacial score (nSPS) is 15.5. The van der Waals surface area contributed by atoms with E-state index in [9.17, 15) is 9.90 Å². The zero-order valence-electron chi connectivity index (χ0n) is 21.0. The van der Waals surface area contributed by atoms with E-state index in [1.807, 2.05) is 35.8 Å². The third-order valence-corrected chi connectivity index (χ3v) is 8.02. The number of nitrogens with one attached hydrogen (secondary N) is 1. The molecule has 0 saturated carbocycles. The van der Waals surface area contributed by atoms with Gasteiger partial charge in [-0.05, 0) is 57.9 Å². The maximum Gasteiger partial charge on any atom is 0.308 e. The van der Waals surface area contributed by atoms with Gasteiger partial charge in [-0.25, -0.2) is 0 Å². The topological polar surface area (TPSA) is 92.4 Å². The van der Waals surface area contributed by atoms with Crippen molar-refractivity contribution in [3.05, 3.63) is 92.9 Å². The summed E-state index contributed by atoms with van der Waals surface area (Å²) in [5.41, 5.74) is 7.36. The van der Waals surface area contributed by atoms with Gasteiger partial charge in [-0.1, -0.05) is 42.0 Å². The second-order valence-electron chi connectivity index (χ2n) is 9.37. The van der Waals surface area contributed by atoms with Gasteiger partial charge in [0.15, 0.2) is 5.82 Å². The lowest BCUT2D eigenvalue weighted by atomic mass is 9.98. The van der Waals surface area contributed by atoms with E-state index in [-0.39, 0.29) is 0 Å². The van der Waals surface area contributed by atoms with Gasteiger partial charge in [0.2, 0.25) is 0 Å². The summed E-state index contributed by atoms with van der Waals surface area (Å²) in [6.45, 7) is 10.6. The number of aliphatic carboxylic acids is 1. The van der Waals surface area contributed by atoms with Crippen LogP contribution >= 0.6 is 11.3 Å². The van der Waals surface area contributed by atoms with Gasteiger partial charge < -0.3 is 10.4 Å². The molecule has 2 atom stereocenters. The van der Waals surface area contributed by atoms with Crippen molar-refractivity contribution in [2.75, 3.05) is 5.32 Å². The Hall–Kier alpha value is -3.78. The Bertz CT molecular complexity index is 1470. The van der Waals surface area contributed by atoms with E-state index < -0.39 is 17.9 Å². The lowest BCUT2D eigenvalue weighted by Crippen LogP contribution is -2.21. The molecule has 0 bridgehead atoms. The number of anilines is 1. The van der Waals surface area contributed by atoms with E-state index in [4.69, 9.17) is 4.99 Å². The van der Waals surface area contributed by atoms with Crippen LogP contribution in [0.25, 0.3) is 5.00 Å². The highest BCUT2D eigenvalue weighted by atomic mass is 32.1. The van der Waals surface area contributed by atoms with Gasteiger partial charge in [0.25, 0.3) is 0 Å². The fraction of sp³-hybridized carbons (Fsp3) is 0.286. The number of aromatic nitrogens is 3. The van der Waals surface area contributed by atoms with Crippen LogP contribution < -0.4 is 5.32 Å². The number of carboxylic acid groups (broad SMARTS) is 1. The van der Waals surface area contributed by atoms with Crippen LogP contribution in [0, 0.1) is 33.6 Å². The summed E-state index contributed by atoms with van der Waals surface area (Å²) < 4.78 is 1.98. The number of hydrogen-bond donors (Lipinski definition) is 2. The number of carboxylic acids is 1. The summed E-state index contributed by atoms with van der Waals surface area (Å²) >= 11 is 1.66. The van der Waals surface area contributed by atoms with Crippen LogP contribution in [-0.2, 0) is 11.3 Å². The second-order valence-corrected chi connectivity index (χ2v) is 10.6. The van der Waals surface area contributed by atoms with Gasteiger partial charge in [0.05, 0.1) is 11.6 Å². The van der Waals surface area contributed by atoms with Crippen LogP contribution in [0.2, 0.25) is 0 Å². The van der Waals surface area contributed by atoms with Crippen LogP contribution in [0.15, 0.2) is 53.5 Å². The lowest BCUT2D eigenvalue weighted by Gasteiger charge is -2.16. The third-order valence-electron chi connectivity index (χ3n) is 6.83.